The molecule has 4 heteroatoms. The fourth-order valence-corrected chi connectivity index (χ4v) is 1.54. The SMILES string of the molecule is CN(C)Cc1c(Cl)ccc(O)c1Cl. The minimum Gasteiger partial charge on any atom is -0.506 e. The zero-order valence-corrected chi connectivity index (χ0v) is 9.02. The van der Waals surface area contributed by atoms with Gasteiger partial charge in [0.05, 0.1) is 5.02 Å². The molecule has 1 N–H and O–H groups in total. The summed E-state index contributed by atoms with van der Waals surface area (Å²) in [6.45, 7) is 0.617. The number of aromatic hydroxyl groups is 1. The van der Waals surface area contributed by atoms with E-state index in [9.17, 15) is 5.11 Å². The Bertz CT molecular complexity index is 313. The summed E-state index contributed by atoms with van der Waals surface area (Å²) in [7, 11) is 3.83. The lowest BCUT2D eigenvalue weighted by Gasteiger charge is -2.13. The molecule has 1 aromatic rings. The van der Waals surface area contributed by atoms with E-state index in [-0.39, 0.29) is 5.75 Å². The third kappa shape index (κ3) is 2.50. The van der Waals surface area contributed by atoms with Crippen molar-refractivity contribution in [2.24, 2.45) is 0 Å². The number of nitrogens with zero attached hydrogens (tertiary/aromatic N) is 1. The number of phenols is 1. The molecule has 0 bridgehead atoms. The standard InChI is InChI=1S/C9H11Cl2NO/c1-12(2)5-6-7(10)3-4-8(13)9(6)11/h3-4,13H,5H2,1-2H3. The fourth-order valence-electron chi connectivity index (χ4n) is 1.05. The van der Waals surface area contributed by atoms with E-state index in [1.54, 1.807) is 6.07 Å². The van der Waals surface area contributed by atoms with Gasteiger partial charge in [-0.25, -0.2) is 0 Å². The van der Waals surface area contributed by atoms with Crippen LogP contribution in [0.5, 0.6) is 5.75 Å². The molecule has 0 spiro atoms. The van der Waals surface area contributed by atoms with E-state index in [0.717, 1.165) is 5.56 Å². The molecule has 2 nitrogen and oxygen atoms in total. The first-order valence-electron chi connectivity index (χ1n) is 3.83. The van der Waals surface area contributed by atoms with Crippen LogP contribution in [0.3, 0.4) is 0 Å². The molecule has 13 heavy (non-hydrogen) atoms. The normalized spacial score (nSPS) is 10.8. The van der Waals surface area contributed by atoms with Gasteiger partial charge in [0.2, 0.25) is 0 Å². The minimum absolute atomic E-state index is 0.0721. The highest BCUT2D eigenvalue weighted by Gasteiger charge is 2.10. The van der Waals surface area contributed by atoms with Crippen LogP contribution in [-0.4, -0.2) is 24.1 Å². The van der Waals surface area contributed by atoms with E-state index in [1.807, 2.05) is 19.0 Å². The van der Waals surface area contributed by atoms with Gasteiger partial charge in [0.1, 0.15) is 5.75 Å². The zero-order valence-electron chi connectivity index (χ0n) is 7.51. The Balaban J connectivity index is 3.10. The van der Waals surface area contributed by atoms with E-state index in [1.165, 1.54) is 6.07 Å². The molecule has 1 aromatic carbocycles. The maximum Gasteiger partial charge on any atom is 0.134 e. The van der Waals surface area contributed by atoms with Gasteiger partial charge >= 0.3 is 0 Å². The maximum atomic E-state index is 9.33. The van der Waals surface area contributed by atoms with E-state index in [4.69, 9.17) is 23.2 Å². The average molecular weight is 220 g/mol. The number of benzene rings is 1. The molecule has 1 rings (SSSR count). The molecule has 0 radical (unpaired) electrons. The fraction of sp³-hybridized carbons (Fsp3) is 0.333. The first-order valence-corrected chi connectivity index (χ1v) is 4.58. The second-order valence-corrected chi connectivity index (χ2v) is 3.88. The Morgan fingerprint density at radius 1 is 1.31 bits per heavy atom. The molecule has 0 fully saturated rings. The van der Waals surface area contributed by atoms with Crippen LogP contribution < -0.4 is 0 Å². The quantitative estimate of drug-likeness (QED) is 0.828. The van der Waals surface area contributed by atoms with Crippen LogP contribution in [0.2, 0.25) is 10.0 Å². The van der Waals surface area contributed by atoms with Gasteiger partial charge in [0, 0.05) is 17.1 Å². The number of halogens is 2. The molecule has 0 aliphatic carbocycles. The molecule has 0 aliphatic heterocycles. The van der Waals surface area contributed by atoms with Gasteiger partial charge in [-0.05, 0) is 26.2 Å². The van der Waals surface area contributed by atoms with Gasteiger partial charge in [-0.1, -0.05) is 23.2 Å². The van der Waals surface area contributed by atoms with Crippen LogP contribution in [0.1, 0.15) is 5.56 Å². The Morgan fingerprint density at radius 2 is 1.92 bits per heavy atom. The summed E-state index contributed by atoms with van der Waals surface area (Å²) in [6, 6.07) is 3.13. The Labute approximate surface area is 87.7 Å². The third-order valence-electron chi connectivity index (χ3n) is 1.64. The van der Waals surface area contributed by atoms with Crippen molar-refractivity contribution in [3.05, 3.63) is 27.7 Å². The maximum absolute atomic E-state index is 9.33. The molecular weight excluding hydrogens is 209 g/mol. The van der Waals surface area contributed by atoms with E-state index in [0.29, 0.717) is 16.6 Å². The summed E-state index contributed by atoms with van der Waals surface area (Å²) >= 11 is 11.8. The van der Waals surface area contributed by atoms with Gasteiger partial charge in [-0.15, -0.1) is 0 Å². The number of phenolic OH excluding ortho intramolecular Hbond substituents is 1. The van der Waals surface area contributed by atoms with Crippen LogP contribution in [0.15, 0.2) is 12.1 Å². The minimum atomic E-state index is 0.0721. The van der Waals surface area contributed by atoms with E-state index >= 15 is 0 Å². The van der Waals surface area contributed by atoms with Gasteiger partial charge in [-0.2, -0.15) is 0 Å². The van der Waals surface area contributed by atoms with Crippen LogP contribution in [0.25, 0.3) is 0 Å². The molecule has 0 amide bonds. The first kappa shape index (κ1) is 10.6. The predicted octanol–water partition coefficient (Wildman–Crippen LogP) is 2.76. The number of hydrogen-bond donors (Lipinski definition) is 1. The van der Waals surface area contributed by atoms with Crippen molar-refractivity contribution >= 4 is 23.2 Å². The van der Waals surface area contributed by atoms with E-state index in [2.05, 4.69) is 0 Å². The molecular formula is C9H11Cl2NO. The molecule has 0 heterocycles. The van der Waals surface area contributed by atoms with Gasteiger partial charge in [0.15, 0.2) is 0 Å². The monoisotopic (exact) mass is 219 g/mol. The summed E-state index contributed by atoms with van der Waals surface area (Å²) in [4.78, 5) is 1.94. The van der Waals surface area contributed by atoms with E-state index < -0.39 is 0 Å². The highest BCUT2D eigenvalue weighted by molar-refractivity contribution is 6.36. The molecule has 0 saturated carbocycles. The number of rotatable bonds is 2. The Hall–Kier alpha value is -0.440. The summed E-state index contributed by atoms with van der Waals surface area (Å²) in [5.41, 5.74) is 0.758. The lowest BCUT2D eigenvalue weighted by molar-refractivity contribution is 0.400. The zero-order chi connectivity index (χ0) is 10.0. The second kappa shape index (κ2) is 4.18. The van der Waals surface area contributed by atoms with Crippen LogP contribution in [-0.2, 0) is 6.54 Å². The molecule has 72 valence electrons. The highest BCUT2D eigenvalue weighted by atomic mass is 35.5. The highest BCUT2D eigenvalue weighted by Crippen LogP contribution is 2.32. The van der Waals surface area contributed by atoms with Crippen molar-refractivity contribution in [3.63, 3.8) is 0 Å². The lowest BCUT2D eigenvalue weighted by Crippen LogP contribution is -2.11. The lowest BCUT2D eigenvalue weighted by atomic mass is 10.2. The van der Waals surface area contributed by atoms with Crippen LogP contribution in [0, 0.1) is 0 Å². The molecule has 0 saturated heterocycles. The average Bonchev–Trinajstić information content (AvgIpc) is 2.05. The van der Waals surface area contributed by atoms with Crippen molar-refractivity contribution < 1.29 is 5.11 Å². The largest absolute Gasteiger partial charge is 0.506 e. The van der Waals surface area contributed by atoms with Crippen molar-refractivity contribution in [2.75, 3.05) is 14.1 Å². The molecule has 0 unspecified atom stereocenters. The van der Waals surface area contributed by atoms with Gasteiger partial charge < -0.3 is 10.0 Å². The van der Waals surface area contributed by atoms with Crippen molar-refractivity contribution in [2.45, 2.75) is 6.54 Å². The molecule has 0 aromatic heterocycles. The van der Waals surface area contributed by atoms with Gasteiger partial charge in [-0.3, -0.25) is 0 Å². The van der Waals surface area contributed by atoms with Crippen molar-refractivity contribution in [1.29, 1.82) is 0 Å². The first-order chi connectivity index (χ1) is 6.02. The summed E-state index contributed by atoms with van der Waals surface area (Å²) in [5.74, 6) is 0.0721. The second-order valence-electron chi connectivity index (χ2n) is 3.10. The number of hydrogen-bond acceptors (Lipinski definition) is 2. The molecule has 0 atom stereocenters. The van der Waals surface area contributed by atoms with Gasteiger partial charge in [0.25, 0.3) is 0 Å². The Morgan fingerprint density at radius 3 is 2.46 bits per heavy atom. The summed E-state index contributed by atoms with van der Waals surface area (Å²) < 4.78 is 0. The van der Waals surface area contributed by atoms with Crippen molar-refractivity contribution in [3.8, 4) is 5.75 Å². The van der Waals surface area contributed by atoms with Crippen LogP contribution >= 0.6 is 23.2 Å². The summed E-state index contributed by atoms with van der Waals surface area (Å²) in [5, 5.41) is 10.2. The third-order valence-corrected chi connectivity index (χ3v) is 2.42. The van der Waals surface area contributed by atoms with Crippen molar-refractivity contribution in [1.82, 2.24) is 4.90 Å². The summed E-state index contributed by atoms with van der Waals surface area (Å²) in [6.07, 6.45) is 0. The topological polar surface area (TPSA) is 23.5 Å². The smallest absolute Gasteiger partial charge is 0.134 e. The predicted molar refractivity (Wildman–Crippen MR) is 55.5 cm³/mol. The van der Waals surface area contributed by atoms with Crippen LogP contribution in [0.4, 0.5) is 0 Å². The Kier molecular flexibility index (Phi) is 3.42. The molecule has 0 aliphatic rings.